The summed E-state index contributed by atoms with van der Waals surface area (Å²) >= 11 is 0. The Morgan fingerprint density at radius 3 is 2.94 bits per heavy atom. The van der Waals surface area contributed by atoms with Crippen LogP contribution < -0.4 is 5.32 Å². The first kappa shape index (κ1) is 12.8. The smallest absolute Gasteiger partial charge is 0.227 e. The lowest BCUT2D eigenvalue weighted by atomic mass is 9.92. The number of hydrogen-bond acceptors (Lipinski definition) is 3. The van der Waals surface area contributed by atoms with Crippen LogP contribution >= 0.6 is 0 Å². The minimum absolute atomic E-state index is 0.143. The molecule has 2 saturated heterocycles. The fraction of sp³-hybridized carbons (Fsp3) is 0.923. The van der Waals surface area contributed by atoms with Crippen LogP contribution in [0.25, 0.3) is 0 Å². The van der Waals surface area contributed by atoms with E-state index >= 15 is 0 Å². The summed E-state index contributed by atoms with van der Waals surface area (Å²) in [7, 11) is 1.75. The summed E-state index contributed by atoms with van der Waals surface area (Å²) in [6.07, 6.45) is 4.25. The number of likely N-dealkylation sites (tertiary alicyclic amines) is 1. The van der Waals surface area contributed by atoms with Gasteiger partial charge >= 0.3 is 0 Å². The SMILES string of the molecule is COC1(C)CCCN(C(=O)C2CCCNC2)C1. The zero-order valence-electron chi connectivity index (χ0n) is 11.0. The molecule has 1 N–H and O–H groups in total. The number of hydrogen-bond donors (Lipinski definition) is 1. The van der Waals surface area contributed by atoms with E-state index in [4.69, 9.17) is 4.74 Å². The highest BCUT2D eigenvalue weighted by Crippen LogP contribution is 2.25. The van der Waals surface area contributed by atoms with Gasteiger partial charge in [0, 0.05) is 26.7 Å². The van der Waals surface area contributed by atoms with Crippen LogP contribution in [0.1, 0.15) is 32.6 Å². The molecule has 2 heterocycles. The van der Waals surface area contributed by atoms with Gasteiger partial charge in [-0.05, 0) is 39.2 Å². The van der Waals surface area contributed by atoms with Crippen LogP contribution in [0.15, 0.2) is 0 Å². The molecule has 1 amide bonds. The Bertz CT molecular complexity index is 277. The minimum Gasteiger partial charge on any atom is -0.377 e. The molecule has 0 aromatic heterocycles. The van der Waals surface area contributed by atoms with Gasteiger partial charge in [-0.3, -0.25) is 4.79 Å². The molecule has 4 nitrogen and oxygen atoms in total. The van der Waals surface area contributed by atoms with Gasteiger partial charge in [-0.25, -0.2) is 0 Å². The molecule has 0 aromatic rings. The predicted octanol–water partition coefficient (Wildman–Crippen LogP) is 1.01. The van der Waals surface area contributed by atoms with E-state index in [0.717, 1.165) is 51.9 Å². The number of nitrogens with one attached hydrogen (secondary N) is 1. The number of carbonyl (C=O) groups excluding carboxylic acids is 1. The molecule has 0 radical (unpaired) electrons. The average molecular weight is 240 g/mol. The second-order valence-electron chi connectivity index (χ2n) is 5.56. The van der Waals surface area contributed by atoms with Gasteiger partial charge in [-0.1, -0.05) is 0 Å². The lowest BCUT2D eigenvalue weighted by molar-refractivity contribution is -0.144. The molecule has 98 valence electrons. The molecule has 17 heavy (non-hydrogen) atoms. The van der Waals surface area contributed by atoms with Crippen LogP contribution in [0.3, 0.4) is 0 Å². The monoisotopic (exact) mass is 240 g/mol. The van der Waals surface area contributed by atoms with Crippen molar-refractivity contribution in [2.75, 3.05) is 33.3 Å². The third-order valence-electron chi connectivity index (χ3n) is 4.11. The lowest BCUT2D eigenvalue weighted by Gasteiger charge is -2.41. The zero-order valence-corrected chi connectivity index (χ0v) is 11.0. The van der Waals surface area contributed by atoms with Gasteiger partial charge in [0.1, 0.15) is 0 Å². The third-order valence-corrected chi connectivity index (χ3v) is 4.11. The van der Waals surface area contributed by atoms with Gasteiger partial charge in [-0.2, -0.15) is 0 Å². The Balaban J connectivity index is 1.94. The Hall–Kier alpha value is -0.610. The van der Waals surface area contributed by atoms with E-state index in [1.54, 1.807) is 7.11 Å². The molecule has 2 fully saturated rings. The fourth-order valence-corrected chi connectivity index (χ4v) is 2.88. The quantitative estimate of drug-likeness (QED) is 0.783. The molecular weight excluding hydrogens is 216 g/mol. The highest BCUT2D eigenvalue weighted by molar-refractivity contribution is 5.79. The van der Waals surface area contributed by atoms with Crippen molar-refractivity contribution in [1.82, 2.24) is 10.2 Å². The van der Waals surface area contributed by atoms with Crippen LogP contribution in [0, 0.1) is 5.92 Å². The number of carbonyl (C=O) groups is 1. The van der Waals surface area contributed by atoms with Crippen molar-refractivity contribution < 1.29 is 9.53 Å². The lowest BCUT2D eigenvalue weighted by Crippen LogP contribution is -2.52. The van der Waals surface area contributed by atoms with Gasteiger partial charge in [0.15, 0.2) is 0 Å². The van der Waals surface area contributed by atoms with Crippen molar-refractivity contribution in [3.8, 4) is 0 Å². The van der Waals surface area contributed by atoms with E-state index in [2.05, 4.69) is 12.2 Å². The number of rotatable bonds is 2. The molecule has 2 aliphatic heterocycles. The second kappa shape index (κ2) is 5.36. The summed E-state index contributed by atoms with van der Waals surface area (Å²) in [5.74, 6) is 0.503. The second-order valence-corrected chi connectivity index (χ2v) is 5.56. The molecule has 2 rings (SSSR count). The molecule has 2 unspecified atom stereocenters. The van der Waals surface area contributed by atoms with Gasteiger partial charge < -0.3 is 15.0 Å². The van der Waals surface area contributed by atoms with E-state index in [1.807, 2.05) is 4.90 Å². The largest absolute Gasteiger partial charge is 0.377 e. The van der Waals surface area contributed by atoms with E-state index in [9.17, 15) is 4.79 Å². The summed E-state index contributed by atoms with van der Waals surface area (Å²) in [5.41, 5.74) is -0.143. The van der Waals surface area contributed by atoms with Gasteiger partial charge in [0.2, 0.25) is 5.91 Å². The van der Waals surface area contributed by atoms with E-state index in [1.165, 1.54) is 0 Å². The summed E-state index contributed by atoms with van der Waals surface area (Å²) in [4.78, 5) is 14.4. The molecular formula is C13H24N2O2. The first-order valence-corrected chi connectivity index (χ1v) is 6.69. The molecule has 2 aliphatic rings. The maximum atomic E-state index is 12.4. The Kier molecular flexibility index (Phi) is 4.05. The van der Waals surface area contributed by atoms with Gasteiger partial charge in [0.05, 0.1) is 11.5 Å². The standard InChI is InChI=1S/C13H24N2O2/c1-13(17-2)6-4-8-15(10-13)12(16)11-5-3-7-14-9-11/h11,14H,3-10H2,1-2H3. The first-order chi connectivity index (χ1) is 8.14. The Morgan fingerprint density at radius 2 is 2.29 bits per heavy atom. The van der Waals surface area contributed by atoms with Crippen molar-refractivity contribution >= 4 is 5.91 Å². The van der Waals surface area contributed by atoms with Crippen LogP contribution in [-0.2, 0) is 9.53 Å². The zero-order chi connectivity index (χ0) is 12.3. The fourth-order valence-electron chi connectivity index (χ4n) is 2.88. The van der Waals surface area contributed by atoms with E-state index < -0.39 is 0 Å². The number of ether oxygens (including phenoxy) is 1. The summed E-state index contributed by atoms with van der Waals surface area (Å²) in [5, 5.41) is 3.31. The summed E-state index contributed by atoms with van der Waals surface area (Å²) < 4.78 is 5.54. The molecule has 2 atom stereocenters. The molecule has 0 aromatic carbocycles. The normalized spacial score (nSPS) is 34.7. The molecule has 0 aliphatic carbocycles. The predicted molar refractivity (Wildman–Crippen MR) is 66.8 cm³/mol. The minimum atomic E-state index is -0.143. The van der Waals surface area contributed by atoms with Gasteiger partial charge in [0.25, 0.3) is 0 Å². The van der Waals surface area contributed by atoms with Crippen LogP contribution in [0.2, 0.25) is 0 Å². The summed E-state index contributed by atoms with van der Waals surface area (Å²) in [6, 6.07) is 0. The molecule has 4 heteroatoms. The summed E-state index contributed by atoms with van der Waals surface area (Å²) in [6.45, 7) is 5.65. The van der Waals surface area contributed by atoms with Crippen molar-refractivity contribution in [2.45, 2.75) is 38.2 Å². The highest BCUT2D eigenvalue weighted by Gasteiger charge is 2.35. The number of nitrogens with zero attached hydrogens (tertiary/aromatic N) is 1. The Morgan fingerprint density at radius 1 is 1.47 bits per heavy atom. The molecule has 0 bridgehead atoms. The van der Waals surface area contributed by atoms with Crippen LogP contribution in [0.4, 0.5) is 0 Å². The molecule has 0 spiro atoms. The van der Waals surface area contributed by atoms with Gasteiger partial charge in [-0.15, -0.1) is 0 Å². The topological polar surface area (TPSA) is 41.6 Å². The third kappa shape index (κ3) is 2.99. The maximum absolute atomic E-state index is 12.4. The van der Waals surface area contributed by atoms with Crippen LogP contribution in [-0.4, -0.2) is 49.7 Å². The van der Waals surface area contributed by atoms with Crippen LogP contribution in [0.5, 0.6) is 0 Å². The number of amides is 1. The van der Waals surface area contributed by atoms with Crippen molar-refractivity contribution in [2.24, 2.45) is 5.92 Å². The van der Waals surface area contributed by atoms with Crippen molar-refractivity contribution in [1.29, 1.82) is 0 Å². The van der Waals surface area contributed by atoms with E-state index in [0.29, 0.717) is 5.91 Å². The Labute approximate surface area is 104 Å². The molecule has 0 saturated carbocycles. The maximum Gasteiger partial charge on any atom is 0.227 e. The van der Waals surface area contributed by atoms with Crippen molar-refractivity contribution in [3.05, 3.63) is 0 Å². The van der Waals surface area contributed by atoms with Crippen molar-refractivity contribution in [3.63, 3.8) is 0 Å². The first-order valence-electron chi connectivity index (χ1n) is 6.69. The number of piperidine rings is 2. The van der Waals surface area contributed by atoms with E-state index in [-0.39, 0.29) is 11.5 Å². The highest BCUT2D eigenvalue weighted by atomic mass is 16.5. The number of methoxy groups -OCH3 is 1. The average Bonchev–Trinajstić information content (AvgIpc) is 2.39.